The van der Waals surface area contributed by atoms with E-state index >= 15 is 0 Å². The summed E-state index contributed by atoms with van der Waals surface area (Å²) < 4.78 is 19.7. The van der Waals surface area contributed by atoms with Gasteiger partial charge in [0.25, 0.3) is 11.8 Å². The van der Waals surface area contributed by atoms with E-state index in [0.29, 0.717) is 36.2 Å². The first-order chi connectivity index (χ1) is 42.4. The number of carbonyl (C=O) groups is 4. The van der Waals surface area contributed by atoms with Crippen LogP contribution in [0.2, 0.25) is 51.4 Å². The van der Waals surface area contributed by atoms with E-state index in [9.17, 15) is 19.2 Å². The van der Waals surface area contributed by atoms with Gasteiger partial charge in [-0.05, 0) is 160 Å². The van der Waals surface area contributed by atoms with Gasteiger partial charge in [-0.25, -0.2) is 9.36 Å². The molecule has 0 aliphatic heterocycles. The van der Waals surface area contributed by atoms with Gasteiger partial charge in [-0.2, -0.15) is 20.4 Å². The zero-order valence-corrected chi connectivity index (χ0v) is 57.3. The van der Waals surface area contributed by atoms with Crippen molar-refractivity contribution in [2.24, 2.45) is 14.1 Å². The van der Waals surface area contributed by atoms with Crippen LogP contribution >= 0.6 is 15.9 Å². The van der Waals surface area contributed by atoms with Crippen molar-refractivity contribution >= 4 is 67.1 Å². The molecule has 4 aromatic carbocycles. The van der Waals surface area contributed by atoms with Crippen LogP contribution in [0, 0.1) is 27.7 Å². The number of hydrogen-bond donors (Lipinski definition) is 4. The average Bonchev–Trinajstić information content (AvgIpc) is 2.02. The lowest BCUT2D eigenvalue weighted by molar-refractivity contribution is -0.119. The molecule has 0 fully saturated rings. The SMILES string of the molecule is Cc1nn(COCC[Si](C)(C)C)c(C)c1-c1ccc(NC(=O)[C@@H](NC(=O)c2ccnn2C)[C@H]2CCCc3ccc(Br)cc32)cc1.Cc1nn(COCC[Si](C)(C)C)c(C)c1-c1ccc(NC(=O)[C@@H](NC(=O)c2ccnn2C)[C@H]2CCCc3ccccc32)cc1. The Hall–Kier alpha value is -7.57. The molecular formula is C68H87BrN12O6Si2. The fraction of sp³-hybridized carbons (Fsp3) is 0.412. The number of carbonyl (C=O) groups excluding carboxylic acids is 4. The standard InChI is InChI=1S/C34H43BrN6O3Si.C34H44N6O3Si/c1-22-31(23(2)41(39-22)21-44-18-19-45(4,5)6)25-11-14-27(15-12-25)37-34(43)32(38-33(42)30-16-17-36-40(30)3)28-9-7-8-24-10-13-26(35)20-29(24)28;1-23-31(24(2)40(38-23)22-43-20-21-44(4,5)6)26-14-16-27(17-15-26)36-34(42)32(37-33(41)30-18-19-35-39(30)3)29-13-9-11-25-10-7-8-12-28(25)29/h10-17,20,28,32H,7-9,18-19,21H2,1-6H3,(H,37,43)(H,38,42);7-8,10,12,14-19,29,32H,9,11,13,20-22H2,1-6H3,(H,36,42)(H,37,41)/t28-,32-;29-,32-/m00/s1. The summed E-state index contributed by atoms with van der Waals surface area (Å²) in [6, 6.07) is 34.1. The summed E-state index contributed by atoms with van der Waals surface area (Å²) in [5.41, 5.74) is 14.9. The third kappa shape index (κ3) is 16.6. The normalized spacial score (nSPS) is 15.4. The van der Waals surface area contributed by atoms with E-state index in [1.807, 2.05) is 89.9 Å². The van der Waals surface area contributed by atoms with Crippen molar-refractivity contribution in [3.63, 3.8) is 0 Å². The Kier molecular flexibility index (Phi) is 21.4. The first-order valence-corrected chi connectivity index (χ1v) is 39.1. The van der Waals surface area contributed by atoms with E-state index in [-0.39, 0.29) is 35.5 Å². The molecule has 18 nitrogen and oxygen atoms in total. The highest BCUT2D eigenvalue weighted by molar-refractivity contribution is 9.10. The largest absolute Gasteiger partial charge is 0.360 e. The van der Waals surface area contributed by atoms with Crippen molar-refractivity contribution in [2.75, 3.05) is 23.8 Å². The number of anilines is 2. The molecule has 89 heavy (non-hydrogen) atoms. The number of benzene rings is 4. The summed E-state index contributed by atoms with van der Waals surface area (Å²) in [6.45, 7) is 24.5. The monoisotopic (exact) mass is 1300 g/mol. The predicted octanol–water partition coefficient (Wildman–Crippen LogP) is 12.9. The highest BCUT2D eigenvalue weighted by Gasteiger charge is 2.37. The summed E-state index contributed by atoms with van der Waals surface area (Å²) in [7, 11) is 1.13. The van der Waals surface area contributed by atoms with E-state index in [1.54, 1.807) is 38.6 Å². The third-order valence-corrected chi connectivity index (χ3v) is 20.9. The van der Waals surface area contributed by atoms with E-state index in [1.165, 1.54) is 20.5 Å². The van der Waals surface area contributed by atoms with Gasteiger partial charge in [0.15, 0.2) is 0 Å². The lowest BCUT2D eigenvalue weighted by Crippen LogP contribution is -2.48. The van der Waals surface area contributed by atoms with Gasteiger partial charge in [0.2, 0.25) is 11.8 Å². The molecule has 470 valence electrons. The van der Waals surface area contributed by atoms with Gasteiger partial charge in [0.05, 0.1) is 11.4 Å². The first-order valence-electron chi connectivity index (χ1n) is 30.9. The smallest absolute Gasteiger partial charge is 0.270 e. The summed E-state index contributed by atoms with van der Waals surface area (Å²) >= 11 is 3.60. The number of aryl methyl sites for hydroxylation is 6. The summed E-state index contributed by atoms with van der Waals surface area (Å²) in [4.78, 5) is 54.5. The molecule has 4 heterocycles. The average molecular weight is 1300 g/mol. The van der Waals surface area contributed by atoms with Gasteiger partial charge < -0.3 is 30.7 Å². The number of ether oxygens (including phenoxy) is 2. The molecule has 0 bridgehead atoms. The second-order valence-electron chi connectivity index (χ2n) is 26.0. The first kappa shape index (κ1) is 65.9. The van der Waals surface area contributed by atoms with Gasteiger partial charge in [0, 0.05) is 106 Å². The molecule has 21 heteroatoms. The van der Waals surface area contributed by atoms with Crippen molar-refractivity contribution in [3.8, 4) is 22.3 Å². The van der Waals surface area contributed by atoms with E-state index < -0.39 is 28.2 Å². The fourth-order valence-electron chi connectivity index (χ4n) is 12.0. The number of nitrogens with zero attached hydrogens (tertiary/aromatic N) is 8. The minimum absolute atomic E-state index is 0.138. The third-order valence-electron chi connectivity index (χ3n) is 17.0. The number of nitrogens with one attached hydrogen (secondary N) is 4. The maximum Gasteiger partial charge on any atom is 0.270 e. The summed E-state index contributed by atoms with van der Waals surface area (Å²) in [5.74, 6) is -1.47. The highest BCUT2D eigenvalue weighted by Crippen LogP contribution is 2.38. The molecular weight excluding hydrogens is 1220 g/mol. The summed E-state index contributed by atoms with van der Waals surface area (Å²) in [6.07, 6.45) is 8.57. The van der Waals surface area contributed by atoms with Gasteiger partial charge in [-0.15, -0.1) is 0 Å². The highest BCUT2D eigenvalue weighted by atomic mass is 79.9. The Morgan fingerprint density at radius 2 is 1.00 bits per heavy atom. The number of aromatic nitrogens is 8. The van der Waals surface area contributed by atoms with Crippen LogP contribution in [0.5, 0.6) is 0 Å². The Labute approximate surface area is 534 Å². The molecule has 0 unspecified atom stereocenters. The van der Waals surface area contributed by atoms with Crippen molar-refractivity contribution in [3.05, 3.63) is 176 Å². The minimum atomic E-state index is -1.15. The maximum absolute atomic E-state index is 14.0. The Bertz CT molecular complexity index is 3780. The molecule has 4 N–H and O–H groups in total. The Morgan fingerprint density at radius 3 is 1.43 bits per heavy atom. The van der Waals surface area contributed by atoms with Crippen molar-refractivity contribution in [2.45, 2.75) is 155 Å². The molecule has 4 atom stereocenters. The fourth-order valence-corrected chi connectivity index (χ4v) is 13.9. The molecule has 0 saturated heterocycles. The summed E-state index contributed by atoms with van der Waals surface area (Å²) in [5, 5.41) is 30.0. The van der Waals surface area contributed by atoms with Crippen LogP contribution in [0.1, 0.15) is 104 Å². The number of fused-ring (bicyclic) bond motifs is 2. The minimum Gasteiger partial charge on any atom is -0.360 e. The van der Waals surface area contributed by atoms with Crippen LogP contribution in [0.25, 0.3) is 22.3 Å². The Balaban J connectivity index is 0.000000211. The lowest BCUT2D eigenvalue weighted by Gasteiger charge is -2.32. The number of hydrogen-bond acceptors (Lipinski definition) is 10. The number of rotatable bonds is 22. The molecule has 0 radical (unpaired) electrons. The molecule has 10 rings (SSSR count). The van der Waals surface area contributed by atoms with Crippen LogP contribution in [-0.2, 0) is 59.5 Å². The molecule has 8 aromatic rings. The topological polar surface area (TPSA) is 206 Å². The van der Waals surface area contributed by atoms with Gasteiger partial charge >= 0.3 is 0 Å². The van der Waals surface area contributed by atoms with Crippen LogP contribution in [0.3, 0.4) is 0 Å². The lowest BCUT2D eigenvalue weighted by atomic mass is 9.78. The van der Waals surface area contributed by atoms with Gasteiger partial charge in [-0.1, -0.05) is 110 Å². The molecule has 0 spiro atoms. The van der Waals surface area contributed by atoms with E-state index in [2.05, 4.69) is 125 Å². The van der Waals surface area contributed by atoms with Crippen LogP contribution in [-0.4, -0.2) is 104 Å². The maximum atomic E-state index is 14.0. The number of amides is 4. The molecule has 4 amide bonds. The van der Waals surface area contributed by atoms with E-state index in [4.69, 9.17) is 19.7 Å². The molecule has 2 aliphatic rings. The molecule has 0 saturated carbocycles. The predicted molar refractivity (Wildman–Crippen MR) is 361 cm³/mol. The van der Waals surface area contributed by atoms with Crippen molar-refractivity contribution < 1.29 is 28.7 Å². The second kappa shape index (κ2) is 28.9. The van der Waals surface area contributed by atoms with E-state index in [0.717, 1.165) is 124 Å². The van der Waals surface area contributed by atoms with Crippen LogP contribution < -0.4 is 21.3 Å². The number of halogens is 1. The van der Waals surface area contributed by atoms with Gasteiger partial charge in [0.1, 0.15) is 36.9 Å². The zero-order chi connectivity index (χ0) is 63.7. The van der Waals surface area contributed by atoms with Gasteiger partial charge in [-0.3, -0.25) is 28.5 Å². The quantitative estimate of drug-likeness (QED) is 0.0373. The van der Waals surface area contributed by atoms with Crippen molar-refractivity contribution in [1.82, 2.24) is 49.8 Å². The second-order valence-corrected chi connectivity index (χ2v) is 38.2. The van der Waals surface area contributed by atoms with Crippen molar-refractivity contribution in [1.29, 1.82) is 0 Å². The Morgan fingerprint density at radius 1 is 0.573 bits per heavy atom. The zero-order valence-electron chi connectivity index (χ0n) is 53.7. The molecule has 2 aliphatic carbocycles. The van der Waals surface area contributed by atoms with Crippen LogP contribution in [0.4, 0.5) is 11.4 Å². The molecule has 4 aromatic heterocycles. The van der Waals surface area contributed by atoms with Crippen LogP contribution in [0.15, 0.2) is 120 Å².